The van der Waals surface area contributed by atoms with Gasteiger partial charge in [0.1, 0.15) is 0 Å². The average Bonchev–Trinajstić information content (AvgIpc) is 3.00. The van der Waals surface area contributed by atoms with Gasteiger partial charge in [0, 0.05) is 44.5 Å². The van der Waals surface area contributed by atoms with Crippen LogP contribution in [0.1, 0.15) is 38.3 Å². The quantitative estimate of drug-likeness (QED) is 0.870. The minimum atomic E-state index is 0.622. The van der Waals surface area contributed by atoms with E-state index in [9.17, 15) is 0 Å². The molecule has 0 saturated carbocycles. The van der Waals surface area contributed by atoms with Gasteiger partial charge in [-0.25, -0.2) is 4.98 Å². The molecule has 0 radical (unpaired) electrons. The maximum atomic E-state index is 5.24. The molecule has 2 saturated heterocycles. The third-order valence-corrected chi connectivity index (χ3v) is 4.90. The van der Waals surface area contributed by atoms with Crippen LogP contribution in [0.15, 0.2) is 6.20 Å². The standard InChI is InChI=1S/C16H28N4O/c1-4-20(15-9-13-5-6-14(10-15)18-13)16-17-12(2)11-19(16)7-8-21-3/h11,13-15,18H,4-10H2,1-3H3. The summed E-state index contributed by atoms with van der Waals surface area (Å²) in [5.74, 6) is 1.12. The van der Waals surface area contributed by atoms with Crippen LogP contribution in [0.5, 0.6) is 0 Å². The molecular weight excluding hydrogens is 264 g/mol. The van der Waals surface area contributed by atoms with Crippen molar-refractivity contribution in [3.63, 3.8) is 0 Å². The topological polar surface area (TPSA) is 42.3 Å². The largest absolute Gasteiger partial charge is 0.383 e. The van der Waals surface area contributed by atoms with Gasteiger partial charge in [-0.1, -0.05) is 0 Å². The monoisotopic (exact) mass is 292 g/mol. The molecule has 0 aromatic carbocycles. The van der Waals surface area contributed by atoms with Crippen LogP contribution in [0.2, 0.25) is 0 Å². The number of fused-ring (bicyclic) bond motifs is 2. The Morgan fingerprint density at radius 1 is 1.38 bits per heavy atom. The van der Waals surface area contributed by atoms with Crippen LogP contribution in [0.4, 0.5) is 5.95 Å². The normalized spacial score (nSPS) is 28.0. The Hall–Kier alpha value is -1.07. The van der Waals surface area contributed by atoms with Gasteiger partial charge in [0.05, 0.1) is 12.3 Å². The van der Waals surface area contributed by atoms with Crippen LogP contribution in [0, 0.1) is 6.92 Å². The average molecular weight is 292 g/mol. The second kappa shape index (κ2) is 6.36. The summed E-state index contributed by atoms with van der Waals surface area (Å²) in [7, 11) is 1.76. The predicted octanol–water partition coefficient (Wildman–Crippen LogP) is 1.95. The molecule has 2 fully saturated rings. The van der Waals surface area contributed by atoms with Crippen molar-refractivity contribution in [3.8, 4) is 0 Å². The number of anilines is 1. The molecule has 1 aromatic heterocycles. The van der Waals surface area contributed by atoms with Crippen molar-refractivity contribution < 1.29 is 4.74 Å². The van der Waals surface area contributed by atoms with Crippen molar-refractivity contribution in [1.82, 2.24) is 14.9 Å². The van der Waals surface area contributed by atoms with E-state index in [2.05, 4.69) is 34.8 Å². The first-order valence-electron chi connectivity index (χ1n) is 8.26. The molecule has 2 aliphatic heterocycles. The number of hydrogen-bond donors (Lipinski definition) is 1. The van der Waals surface area contributed by atoms with Gasteiger partial charge in [-0.2, -0.15) is 0 Å². The SMILES string of the molecule is CCN(c1nc(C)cn1CCOC)C1CC2CCC(C1)N2. The van der Waals surface area contributed by atoms with Crippen LogP contribution in [0.25, 0.3) is 0 Å². The number of nitrogens with zero attached hydrogens (tertiary/aromatic N) is 3. The fraction of sp³-hybridized carbons (Fsp3) is 0.812. The smallest absolute Gasteiger partial charge is 0.206 e. The summed E-state index contributed by atoms with van der Waals surface area (Å²) in [6.45, 7) is 6.95. The maximum absolute atomic E-state index is 5.24. The van der Waals surface area contributed by atoms with Crippen LogP contribution in [-0.4, -0.2) is 47.9 Å². The second-order valence-electron chi connectivity index (χ2n) is 6.42. The molecule has 0 amide bonds. The fourth-order valence-corrected chi connectivity index (χ4v) is 3.96. The number of hydrogen-bond acceptors (Lipinski definition) is 4. The molecule has 118 valence electrons. The highest BCUT2D eigenvalue weighted by atomic mass is 16.5. The number of ether oxygens (including phenoxy) is 1. The van der Waals surface area contributed by atoms with Gasteiger partial charge in [0.15, 0.2) is 0 Å². The molecule has 3 heterocycles. The van der Waals surface area contributed by atoms with Crippen LogP contribution in [0.3, 0.4) is 0 Å². The minimum absolute atomic E-state index is 0.622. The number of rotatable bonds is 6. The molecule has 21 heavy (non-hydrogen) atoms. The number of nitrogens with one attached hydrogen (secondary N) is 1. The van der Waals surface area contributed by atoms with E-state index < -0.39 is 0 Å². The molecule has 1 N–H and O–H groups in total. The van der Waals surface area contributed by atoms with Crippen molar-refractivity contribution >= 4 is 5.95 Å². The molecule has 3 rings (SSSR count). The summed E-state index contributed by atoms with van der Waals surface area (Å²) < 4.78 is 7.49. The Balaban J connectivity index is 1.79. The summed E-state index contributed by atoms with van der Waals surface area (Å²) in [5, 5.41) is 3.73. The molecule has 5 nitrogen and oxygen atoms in total. The van der Waals surface area contributed by atoms with E-state index in [-0.39, 0.29) is 0 Å². The number of imidazole rings is 1. The predicted molar refractivity (Wildman–Crippen MR) is 84.8 cm³/mol. The van der Waals surface area contributed by atoms with Crippen molar-refractivity contribution in [3.05, 3.63) is 11.9 Å². The van der Waals surface area contributed by atoms with E-state index >= 15 is 0 Å². The summed E-state index contributed by atoms with van der Waals surface area (Å²) in [4.78, 5) is 7.30. The van der Waals surface area contributed by atoms with Gasteiger partial charge in [-0.15, -0.1) is 0 Å². The van der Waals surface area contributed by atoms with Crippen molar-refractivity contribution in [2.45, 2.75) is 64.2 Å². The Bertz CT molecular complexity index is 461. The molecule has 1 aromatic rings. The Morgan fingerprint density at radius 2 is 2.10 bits per heavy atom. The Morgan fingerprint density at radius 3 is 2.71 bits per heavy atom. The molecular formula is C16H28N4O. The van der Waals surface area contributed by atoms with E-state index in [1.165, 1.54) is 25.7 Å². The summed E-state index contributed by atoms with van der Waals surface area (Å²) in [6, 6.07) is 2.05. The van der Waals surface area contributed by atoms with Crippen molar-refractivity contribution in [1.29, 1.82) is 0 Å². The lowest BCUT2D eigenvalue weighted by atomic mass is 9.98. The number of aryl methyl sites for hydroxylation is 1. The van der Waals surface area contributed by atoms with E-state index in [1.54, 1.807) is 7.11 Å². The van der Waals surface area contributed by atoms with Crippen LogP contribution in [-0.2, 0) is 11.3 Å². The zero-order chi connectivity index (χ0) is 14.8. The van der Waals surface area contributed by atoms with E-state index in [1.807, 2.05) is 0 Å². The highest BCUT2D eigenvalue weighted by Gasteiger charge is 2.36. The molecule has 0 aliphatic carbocycles. The van der Waals surface area contributed by atoms with Gasteiger partial charge in [-0.3, -0.25) is 0 Å². The van der Waals surface area contributed by atoms with Crippen LogP contribution >= 0.6 is 0 Å². The van der Waals surface area contributed by atoms with E-state index in [0.717, 1.165) is 31.3 Å². The molecule has 2 atom stereocenters. The van der Waals surface area contributed by atoms with Gasteiger partial charge < -0.3 is 19.5 Å². The molecule has 2 bridgehead atoms. The zero-order valence-corrected chi connectivity index (χ0v) is 13.5. The van der Waals surface area contributed by atoms with E-state index in [0.29, 0.717) is 18.1 Å². The van der Waals surface area contributed by atoms with Gasteiger partial charge in [0.25, 0.3) is 0 Å². The lowest BCUT2D eigenvalue weighted by Gasteiger charge is -2.38. The number of aromatic nitrogens is 2. The molecule has 2 unspecified atom stereocenters. The van der Waals surface area contributed by atoms with Gasteiger partial charge in [-0.05, 0) is 39.5 Å². The Kier molecular flexibility index (Phi) is 4.50. The Labute approximate surface area is 127 Å². The minimum Gasteiger partial charge on any atom is -0.383 e. The molecule has 2 aliphatic rings. The second-order valence-corrected chi connectivity index (χ2v) is 6.42. The van der Waals surface area contributed by atoms with Gasteiger partial charge >= 0.3 is 0 Å². The lowest BCUT2D eigenvalue weighted by molar-refractivity contribution is 0.187. The zero-order valence-electron chi connectivity index (χ0n) is 13.5. The third-order valence-electron chi connectivity index (χ3n) is 4.90. The lowest BCUT2D eigenvalue weighted by Crippen LogP contribution is -2.49. The first-order chi connectivity index (χ1) is 10.2. The van der Waals surface area contributed by atoms with Crippen LogP contribution < -0.4 is 10.2 Å². The third kappa shape index (κ3) is 3.09. The summed E-state index contributed by atoms with van der Waals surface area (Å²) in [6.07, 6.45) is 7.33. The van der Waals surface area contributed by atoms with Crippen molar-refractivity contribution in [2.75, 3.05) is 25.2 Å². The van der Waals surface area contributed by atoms with Gasteiger partial charge in [0.2, 0.25) is 5.95 Å². The highest BCUT2D eigenvalue weighted by Crippen LogP contribution is 2.31. The number of piperidine rings is 1. The first kappa shape index (κ1) is 14.9. The molecule has 5 heteroatoms. The van der Waals surface area contributed by atoms with E-state index in [4.69, 9.17) is 9.72 Å². The summed E-state index contributed by atoms with van der Waals surface area (Å²) >= 11 is 0. The summed E-state index contributed by atoms with van der Waals surface area (Å²) in [5.41, 5.74) is 1.09. The number of methoxy groups -OCH3 is 1. The highest BCUT2D eigenvalue weighted by molar-refractivity contribution is 5.35. The molecule has 0 spiro atoms. The maximum Gasteiger partial charge on any atom is 0.206 e. The first-order valence-corrected chi connectivity index (χ1v) is 8.26. The van der Waals surface area contributed by atoms with Crippen molar-refractivity contribution in [2.24, 2.45) is 0 Å². The fourth-order valence-electron chi connectivity index (χ4n) is 3.96.